The Morgan fingerprint density at radius 2 is 1.81 bits per heavy atom. The summed E-state index contributed by atoms with van der Waals surface area (Å²) in [6, 6.07) is 4.71. The minimum absolute atomic E-state index is 0.0252. The van der Waals surface area contributed by atoms with Crippen LogP contribution in [0.25, 0.3) is 28.7 Å². The average Bonchev–Trinajstić information content (AvgIpc) is 3.32. The highest BCUT2D eigenvalue weighted by atomic mass is 35.5. The fourth-order valence-corrected chi connectivity index (χ4v) is 3.12. The normalized spacial score (nSPS) is 12.0. The molecule has 4 aromatic rings. The topological polar surface area (TPSA) is 87.6 Å². The van der Waals surface area contributed by atoms with E-state index >= 15 is 0 Å². The molecule has 168 valence electrons. The minimum Gasteiger partial charge on any atom is -0.493 e. The first-order valence-corrected chi connectivity index (χ1v) is 9.06. The molecule has 0 spiro atoms. The van der Waals surface area contributed by atoms with Crippen LogP contribution in [0, 0.1) is 6.92 Å². The second kappa shape index (κ2) is 7.89. The number of ether oxygens (including phenoxy) is 2. The van der Waals surface area contributed by atoms with Crippen molar-refractivity contribution < 1.29 is 35.8 Å². The number of benzene rings is 1. The summed E-state index contributed by atoms with van der Waals surface area (Å²) in [7, 11) is 1.25. The molecular weight excluding hydrogens is 465 g/mol. The van der Waals surface area contributed by atoms with Gasteiger partial charge in [0.25, 0.3) is 5.89 Å². The summed E-state index contributed by atoms with van der Waals surface area (Å²) in [5.74, 6) is -0.596. The molecule has 32 heavy (non-hydrogen) atoms. The van der Waals surface area contributed by atoms with Crippen molar-refractivity contribution in [3.8, 4) is 34.5 Å². The van der Waals surface area contributed by atoms with E-state index in [1.807, 2.05) is 0 Å². The molecule has 14 heteroatoms. The molecule has 0 unspecified atom stereocenters. The zero-order chi connectivity index (χ0) is 23.2. The molecule has 3 aromatic heterocycles. The summed E-state index contributed by atoms with van der Waals surface area (Å²) >= 11 is 6.21. The van der Waals surface area contributed by atoms with Gasteiger partial charge in [-0.25, -0.2) is 9.50 Å². The number of methoxy groups -OCH3 is 1. The summed E-state index contributed by atoms with van der Waals surface area (Å²) < 4.78 is 80.6. The second-order valence-electron chi connectivity index (χ2n) is 6.34. The van der Waals surface area contributed by atoms with Crippen molar-refractivity contribution in [3.63, 3.8) is 0 Å². The van der Waals surface area contributed by atoms with E-state index in [4.69, 9.17) is 20.8 Å². The van der Waals surface area contributed by atoms with Gasteiger partial charge in [-0.05, 0) is 31.2 Å². The van der Waals surface area contributed by atoms with Gasteiger partial charge in [-0.15, -0.1) is 10.2 Å². The van der Waals surface area contributed by atoms with Crippen molar-refractivity contribution in [1.29, 1.82) is 0 Å². The maximum atomic E-state index is 13.4. The molecule has 0 fully saturated rings. The van der Waals surface area contributed by atoms with Crippen LogP contribution in [0.2, 0.25) is 5.02 Å². The van der Waals surface area contributed by atoms with E-state index in [-0.39, 0.29) is 50.9 Å². The fourth-order valence-electron chi connectivity index (χ4n) is 2.88. The molecule has 0 aliphatic carbocycles. The van der Waals surface area contributed by atoms with Gasteiger partial charge >= 0.3 is 12.8 Å². The summed E-state index contributed by atoms with van der Waals surface area (Å²) in [4.78, 5) is 4.00. The molecule has 0 aliphatic heterocycles. The highest BCUT2D eigenvalue weighted by Gasteiger charge is 2.36. The minimum atomic E-state index is -4.71. The molecule has 0 amide bonds. The van der Waals surface area contributed by atoms with Gasteiger partial charge < -0.3 is 13.9 Å². The molecule has 4 rings (SSSR count). The smallest absolute Gasteiger partial charge is 0.433 e. The van der Waals surface area contributed by atoms with Crippen molar-refractivity contribution >= 4 is 17.2 Å². The predicted octanol–water partition coefficient (Wildman–Crippen LogP) is 5.04. The van der Waals surface area contributed by atoms with Crippen molar-refractivity contribution in [1.82, 2.24) is 24.8 Å². The molecule has 0 radical (unpaired) electrons. The van der Waals surface area contributed by atoms with Gasteiger partial charge in [-0.1, -0.05) is 11.6 Å². The number of nitrogens with zero attached hydrogens (tertiary/aromatic N) is 5. The fraction of sp³-hybridized carbons (Fsp3) is 0.222. The van der Waals surface area contributed by atoms with E-state index in [0.717, 1.165) is 6.07 Å². The Morgan fingerprint density at radius 1 is 1.09 bits per heavy atom. The monoisotopic (exact) mass is 475 g/mol. The van der Waals surface area contributed by atoms with Gasteiger partial charge in [0.05, 0.1) is 7.11 Å². The molecule has 8 nitrogen and oxygen atoms in total. The zero-order valence-corrected chi connectivity index (χ0v) is 16.9. The number of alkyl halides is 5. The van der Waals surface area contributed by atoms with Gasteiger partial charge in [-0.2, -0.15) is 27.1 Å². The number of fused-ring (bicyclic) bond motifs is 1. The van der Waals surface area contributed by atoms with Crippen LogP contribution in [0.15, 0.2) is 28.7 Å². The highest BCUT2D eigenvalue weighted by molar-refractivity contribution is 6.35. The van der Waals surface area contributed by atoms with Crippen LogP contribution in [0.3, 0.4) is 0 Å². The maximum Gasteiger partial charge on any atom is 0.433 e. The van der Waals surface area contributed by atoms with Crippen molar-refractivity contribution in [2.75, 3.05) is 7.11 Å². The van der Waals surface area contributed by atoms with E-state index in [9.17, 15) is 22.0 Å². The zero-order valence-electron chi connectivity index (χ0n) is 16.1. The Labute approximate surface area is 180 Å². The Kier molecular flexibility index (Phi) is 5.36. The van der Waals surface area contributed by atoms with Crippen LogP contribution in [-0.2, 0) is 6.18 Å². The van der Waals surface area contributed by atoms with Crippen molar-refractivity contribution in [2.24, 2.45) is 0 Å². The SMILES string of the molecule is COc1cc(-c2nnc(-c3nn4c(C(F)(F)F)cc(C)nc4c3Cl)o2)ccc1OC(F)F. The Hall–Kier alpha value is -3.48. The number of aryl methyl sites for hydroxylation is 1. The lowest BCUT2D eigenvalue weighted by molar-refractivity contribution is -0.142. The largest absolute Gasteiger partial charge is 0.493 e. The second-order valence-corrected chi connectivity index (χ2v) is 6.71. The Morgan fingerprint density at radius 3 is 2.47 bits per heavy atom. The number of hydrogen-bond acceptors (Lipinski definition) is 7. The number of hydrogen-bond donors (Lipinski definition) is 0. The quantitative estimate of drug-likeness (QED) is 0.374. The molecule has 0 atom stereocenters. The lowest BCUT2D eigenvalue weighted by Crippen LogP contribution is -2.13. The van der Waals surface area contributed by atoms with E-state index in [2.05, 4.69) is 25.0 Å². The van der Waals surface area contributed by atoms with Gasteiger partial charge in [0.1, 0.15) is 10.7 Å². The van der Waals surface area contributed by atoms with Crippen molar-refractivity contribution in [2.45, 2.75) is 19.7 Å². The molecular formula is C18H11ClF5N5O3. The number of aromatic nitrogens is 5. The molecule has 0 aliphatic rings. The van der Waals surface area contributed by atoms with E-state index in [1.54, 1.807) is 0 Å². The van der Waals surface area contributed by atoms with Crippen LogP contribution in [0.5, 0.6) is 11.5 Å². The lowest BCUT2D eigenvalue weighted by atomic mass is 10.2. The van der Waals surface area contributed by atoms with Gasteiger partial charge in [0, 0.05) is 11.3 Å². The Balaban J connectivity index is 1.77. The van der Waals surface area contributed by atoms with E-state index < -0.39 is 18.5 Å². The molecule has 0 N–H and O–H groups in total. The van der Waals surface area contributed by atoms with Crippen LogP contribution < -0.4 is 9.47 Å². The van der Waals surface area contributed by atoms with Crippen LogP contribution in [0.4, 0.5) is 22.0 Å². The van der Waals surface area contributed by atoms with Crippen molar-refractivity contribution in [3.05, 3.63) is 40.7 Å². The third-order valence-electron chi connectivity index (χ3n) is 4.21. The summed E-state index contributed by atoms with van der Waals surface area (Å²) in [5.41, 5.74) is -1.16. The first-order valence-electron chi connectivity index (χ1n) is 8.68. The van der Waals surface area contributed by atoms with Crippen LogP contribution >= 0.6 is 11.6 Å². The van der Waals surface area contributed by atoms with E-state index in [0.29, 0.717) is 4.52 Å². The standard InChI is InChI=1S/C18H11ClF5N5O3/c1-7-5-11(18(22,23)24)29-14(25-7)12(19)13(28-29)16-27-26-15(32-16)8-3-4-9(31-17(20)21)10(6-8)30-2/h3-6,17H,1-2H3. The number of rotatable bonds is 5. The van der Waals surface area contributed by atoms with Gasteiger partial charge in [-0.3, -0.25) is 0 Å². The molecule has 0 bridgehead atoms. The first-order chi connectivity index (χ1) is 15.1. The highest BCUT2D eigenvalue weighted by Crippen LogP contribution is 2.37. The molecule has 0 saturated carbocycles. The molecule has 1 aromatic carbocycles. The molecule has 0 saturated heterocycles. The lowest BCUT2D eigenvalue weighted by Gasteiger charge is -2.10. The summed E-state index contributed by atoms with van der Waals surface area (Å²) in [6.07, 6.45) is -4.71. The third kappa shape index (κ3) is 3.90. The molecule has 3 heterocycles. The van der Waals surface area contributed by atoms with Crippen LogP contribution in [0.1, 0.15) is 11.4 Å². The maximum absolute atomic E-state index is 13.4. The summed E-state index contributed by atoms with van der Waals surface area (Å²) in [5, 5.41) is 11.2. The Bertz CT molecular complexity index is 1300. The number of halogens is 6. The van der Waals surface area contributed by atoms with Crippen LogP contribution in [-0.4, -0.2) is 38.5 Å². The first kappa shape index (κ1) is 21.7. The summed E-state index contributed by atoms with van der Waals surface area (Å²) in [6.45, 7) is -1.67. The van der Waals surface area contributed by atoms with Gasteiger partial charge in [0.2, 0.25) is 5.89 Å². The van der Waals surface area contributed by atoms with E-state index in [1.165, 1.54) is 32.2 Å². The predicted molar refractivity (Wildman–Crippen MR) is 99.6 cm³/mol. The van der Waals surface area contributed by atoms with Gasteiger partial charge in [0.15, 0.2) is 22.8 Å². The average molecular weight is 476 g/mol. The third-order valence-corrected chi connectivity index (χ3v) is 4.55.